The molecular weight excluding hydrogens is 350 g/mol. The molecule has 6 aromatic rings. The van der Waals surface area contributed by atoms with Gasteiger partial charge in [-0.25, -0.2) is 15.0 Å². The highest BCUT2D eigenvalue weighted by atomic mass is 15.1. The zero-order chi connectivity index (χ0) is 18.5. The fraction of sp³-hybridized carbons (Fsp3) is 0. The topological polar surface area (TPSA) is 96.0 Å². The zero-order valence-corrected chi connectivity index (χ0v) is 14.6. The minimum atomic E-state index is 0.672. The molecule has 2 N–H and O–H groups in total. The molecular formula is C21H13N7. The molecule has 0 spiro atoms. The maximum Gasteiger partial charge on any atom is 0.157 e. The van der Waals surface area contributed by atoms with Crippen molar-refractivity contribution in [3.8, 4) is 22.9 Å². The van der Waals surface area contributed by atoms with Gasteiger partial charge >= 0.3 is 0 Å². The number of aromatic amines is 2. The van der Waals surface area contributed by atoms with Crippen LogP contribution in [0, 0.1) is 0 Å². The van der Waals surface area contributed by atoms with Crippen LogP contribution in [0.5, 0.6) is 0 Å². The lowest BCUT2D eigenvalue weighted by Crippen LogP contribution is -1.91. The van der Waals surface area contributed by atoms with Crippen LogP contribution in [0.2, 0.25) is 0 Å². The van der Waals surface area contributed by atoms with Crippen molar-refractivity contribution in [2.24, 2.45) is 0 Å². The van der Waals surface area contributed by atoms with Gasteiger partial charge in [-0.15, -0.1) is 0 Å². The van der Waals surface area contributed by atoms with Crippen molar-refractivity contribution in [2.75, 3.05) is 0 Å². The number of para-hydroxylation sites is 4. The number of aromatic nitrogens is 7. The van der Waals surface area contributed by atoms with E-state index in [9.17, 15) is 0 Å². The van der Waals surface area contributed by atoms with Gasteiger partial charge in [-0.3, -0.25) is 10.1 Å². The van der Waals surface area contributed by atoms with E-state index >= 15 is 0 Å². The van der Waals surface area contributed by atoms with E-state index < -0.39 is 0 Å². The Kier molecular flexibility index (Phi) is 3.04. The van der Waals surface area contributed by atoms with Crippen molar-refractivity contribution in [3.05, 3.63) is 66.9 Å². The number of nitrogens with one attached hydrogen (secondary N) is 2. The molecule has 0 saturated heterocycles. The van der Waals surface area contributed by atoms with Crippen LogP contribution in [0.25, 0.3) is 56.0 Å². The Morgan fingerprint density at radius 2 is 1.46 bits per heavy atom. The first-order valence-electron chi connectivity index (χ1n) is 8.87. The third kappa shape index (κ3) is 2.26. The number of hydrogen-bond acceptors (Lipinski definition) is 5. The van der Waals surface area contributed by atoms with Crippen LogP contribution in [0.1, 0.15) is 0 Å². The van der Waals surface area contributed by atoms with E-state index in [4.69, 9.17) is 9.97 Å². The summed E-state index contributed by atoms with van der Waals surface area (Å²) in [5, 5.41) is 7.46. The van der Waals surface area contributed by atoms with Crippen molar-refractivity contribution in [1.29, 1.82) is 0 Å². The van der Waals surface area contributed by atoms with Gasteiger partial charge in [0.2, 0.25) is 0 Å². The smallest absolute Gasteiger partial charge is 0.157 e. The average molecular weight is 363 g/mol. The van der Waals surface area contributed by atoms with E-state index in [1.165, 1.54) is 0 Å². The number of pyridine rings is 1. The molecule has 0 saturated carbocycles. The van der Waals surface area contributed by atoms with Crippen LogP contribution in [-0.2, 0) is 0 Å². The summed E-state index contributed by atoms with van der Waals surface area (Å²) in [7, 11) is 0. The summed E-state index contributed by atoms with van der Waals surface area (Å²) in [6.45, 7) is 0. The summed E-state index contributed by atoms with van der Waals surface area (Å²) in [5.41, 5.74) is 7.24. The van der Waals surface area contributed by atoms with Crippen LogP contribution in [-0.4, -0.2) is 35.1 Å². The van der Waals surface area contributed by atoms with Crippen molar-refractivity contribution < 1.29 is 0 Å². The van der Waals surface area contributed by atoms with Gasteiger partial charge in [0.05, 0.1) is 33.8 Å². The summed E-state index contributed by atoms with van der Waals surface area (Å²) in [6.07, 6.45) is 1.73. The third-order valence-electron chi connectivity index (χ3n) is 4.73. The second-order valence-electron chi connectivity index (χ2n) is 6.51. The molecule has 6 rings (SSSR count). The van der Waals surface area contributed by atoms with Crippen LogP contribution in [0.4, 0.5) is 0 Å². The van der Waals surface area contributed by atoms with E-state index in [2.05, 4.69) is 25.1 Å². The van der Waals surface area contributed by atoms with Crippen molar-refractivity contribution in [2.45, 2.75) is 0 Å². The fourth-order valence-corrected chi connectivity index (χ4v) is 3.35. The SMILES string of the molecule is c1ccc2nc(-c3n[nH]c4ccc(-c5nc6ccccc6[nH]5)nc34)cnc2c1. The maximum atomic E-state index is 4.80. The highest BCUT2D eigenvalue weighted by Gasteiger charge is 2.14. The normalized spacial score (nSPS) is 11.6. The van der Waals surface area contributed by atoms with E-state index in [1.54, 1.807) is 6.20 Å². The highest BCUT2D eigenvalue weighted by Crippen LogP contribution is 2.27. The molecule has 4 heterocycles. The standard InChI is InChI=1S/C21H13N7/c1-2-6-13-12(5-1)22-11-18(23-13)20-19-16(27-28-20)9-10-17(24-19)21-25-14-7-3-4-8-15(14)26-21/h1-11H,(H,25,26)(H,27,28). The number of benzene rings is 2. The molecule has 0 radical (unpaired) electrons. The summed E-state index contributed by atoms with van der Waals surface area (Å²) in [4.78, 5) is 21.9. The van der Waals surface area contributed by atoms with Gasteiger partial charge in [0, 0.05) is 0 Å². The molecule has 0 atom stereocenters. The predicted molar refractivity (Wildman–Crippen MR) is 108 cm³/mol. The van der Waals surface area contributed by atoms with Crippen molar-refractivity contribution in [1.82, 2.24) is 35.1 Å². The van der Waals surface area contributed by atoms with E-state index in [1.807, 2.05) is 60.7 Å². The summed E-state index contributed by atoms with van der Waals surface area (Å²) in [5.74, 6) is 0.722. The van der Waals surface area contributed by atoms with Gasteiger partial charge in [-0.1, -0.05) is 24.3 Å². The second-order valence-corrected chi connectivity index (χ2v) is 6.51. The number of fused-ring (bicyclic) bond motifs is 3. The average Bonchev–Trinajstić information content (AvgIpc) is 3.37. The Morgan fingerprint density at radius 1 is 0.643 bits per heavy atom. The van der Waals surface area contributed by atoms with Crippen molar-refractivity contribution in [3.63, 3.8) is 0 Å². The molecule has 0 fully saturated rings. The predicted octanol–water partition coefficient (Wildman–Crippen LogP) is 4.11. The Bertz CT molecular complexity index is 1450. The Morgan fingerprint density at radius 3 is 2.36 bits per heavy atom. The van der Waals surface area contributed by atoms with Gasteiger partial charge in [-0.05, 0) is 36.4 Å². The monoisotopic (exact) mass is 363 g/mol. The highest BCUT2D eigenvalue weighted by molar-refractivity contribution is 5.91. The van der Waals surface area contributed by atoms with E-state index in [-0.39, 0.29) is 0 Å². The van der Waals surface area contributed by atoms with Gasteiger partial charge < -0.3 is 4.98 Å². The number of nitrogens with zero attached hydrogens (tertiary/aromatic N) is 5. The second kappa shape index (κ2) is 5.68. The number of hydrogen-bond donors (Lipinski definition) is 2. The van der Waals surface area contributed by atoms with Crippen molar-refractivity contribution >= 4 is 33.1 Å². The minimum absolute atomic E-state index is 0.672. The molecule has 0 aliphatic rings. The lowest BCUT2D eigenvalue weighted by molar-refractivity contribution is 1.11. The largest absolute Gasteiger partial charge is 0.337 e. The first-order valence-corrected chi connectivity index (χ1v) is 8.87. The van der Waals surface area contributed by atoms with E-state index in [0.29, 0.717) is 11.4 Å². The molecule has 132 valence electrons. The first-order chi connectivity index (χ1) is 13.8. The Labute approximate surface area is 158 Å². The zero-order valence-electron chi connectivity index (χ0n) is 14.6. The van der Waals surface area contributed by atoms with Crippen LogP contribution in [0.15, 0.2) is 66.9 Å². The molecule has 28 heavy (non-hydrogen) atoms. The van der Waals surface area contributed by atoms with Gasteiger partial charge in [0.25, 0.3) is 0 Å². The van der Waals surface area contributed by atoms with Gasteiger partial charge in [0.15, 0.2) is 5.82 Å². The number of imidazole rings is 1. The van der Waals surface area contributed by atoms with E-state index in [0.717, 1.165) is 44.6 Å². The molecule has 0 aliphatic carbocycles. The third-order valence-corrected chi connectivity index (χ3v) is 4.73. The molecule has 0 unspecified atom stereocenters. The van der Waals surface area contributed by atoms with Crippen LogP contribution in [0.3, 0.4) is 0 Å². The number of H-pyrrole nitrogens is 2. The Hall–Kier alpha value is -4.13. The summed E-state index contributed by atoms with van der Waals surface area (Å²) >= 11 is 0. The quantitative estimate of drug-likeness (QED) is 0.483. The van der Waals surface area contributed by atoms with Crippen LogP contribution >= 0.6 is 0 Å². The summed E-state index contributed by atoms with van der Waals surface area (Å²) in [6, 6.07) is 19.6. The molecule has 7 nitrogen and oxygen atoms in total. The van der Waals surface area contributed by atoms with Gasteiger partial charge in [-0.2, -0.15) is 5.10 Å². The Balaban J connectivity index is 1.52. The number of rotatable bonds is 2. The fourth-order valence-electron chi connectivity index (χ4n) is 3.35. The maximum absolute atomic E-state index is 4.80. The van der Waals surface area contributed by atoms with Crippen LogP contribution < -0.4 is 0 Å². The summed E-state index contributed by atoms with van der Waals surface area (Å²) < 4.78 is 0. The molecule has 0 aliphatic heterocycles. The lowest BCUT2D eigenvalue weighted by Gasteiger charge is -2.01. The molecule has 0 amide bonds. The molecule has 4 aromatic heterocycles. The lowest BCUT2D eigenvalue weighted by atomic mass is 10.2. The molecule has 7 heteroatoms. The minimum Gasteiger partial charge on any atom is -0.337 e. The first kappa shape index (κ1) is 15.0. The molecule has 2 aromatic carbocycles. The van der Waals surface area contributed by atoms with Gasteiger partial charge in [0.1, 0.15) is 22.6 Å². The molecule has 0 bridgehead atoms.